The average molecular weight is 570 g/mol. The highest BCUT2D eigenvalue weighted by molar-refractivity contribution is 5.89. The van der Waals surface area contributed by atoms with Crippen LogP contribution >= 0.6 is 0 Å². The second kappa shape index (κ2) is 15.7. The Hall–Kier alpha value is -4.05. The number of hydrogen-bond donors (Lipinski definition) is 2. The van der Waals surface area contributed by atoms with Gasteiger partial charge in [-0.25, -0.2) is 9.59 Å². The first kappa shape index (κ1) is 31.5. The molecule has 0 fully saturated rings. The summed E-state index contributed by atoms with van der Waals surface area (Å²) < 4.78 is 27.5. The van der Waals surface area contributed by atoms with Crippen molar-refractivity contribution in [2.75, 3.05) is 13.2 Å². The maximum atomic E-state index is 12.7. The molecule has 1 aliphatic heterocycles. The van der Waals surface area contributed by atoms with E-state index in [-0.39, 0.29) is 37.8 Å². The molecule has 3 rings (SSSR count). The van der Waals surface area contributed by atoms with E-state index in [4.69, 9.17) is 23.7 Å². The fourth-order valence-electron chi connectivity index (χ4n) is 3.86. The average Bonchev–Trinajstić information content (AvgIpc) is 3.26. The number of esters is 2. The van der Waals surface area contributed by atoms with E-state index in [1.165, 1.54) is 0 Å². The van der Waals surface area contributed by atoms with Crippen LogP contribution in [0.2, 0.25) is 0 Å². The largest absolute Gasteiger partial charge is 0.485 e. The minimum absolute atomic E-state index is 0.0517. The van der Waals surface area contributed by atoms with Crippen LogP contribution in [0.25, 0.3) is 0 Å². The molecule has 1 aliphatic rings. The molecule has 10 heteroatoms. The van der Waals surface area contributed by atoms with Gasteiger partial charge >= 0.3 is 18.0 Å². The summed E-state index contributed by atoms with van der Waals surface area (Å²) >= 11 is 0. The lowest BCUT2D eigenvalue weighted by Crippen LogP contribution is -2.34. The van der Waals surface area contributed by atoms with E-state index >= 15 is 0 Å². The molecule has 2 aromatic rings. The van der Waals surface area contributed by atoms with Crippen LogP contribution in [-0.2, 0) is 46.5 Å². The Balaban J connectivity index is 1.48. The van der Waals surface area contributed by atoms with Crippen molar-refractivity contribution in [2.45, 2.75) is 77.5 Å². The Morgan fingerprint density at radius 3 is 2.15 bits per heavy atom. The van der Waals surface area contributed by atoms with Crippen molar-refractivity contribution in [1.29, 1.82) is 0 Å². The molecule has 0 spiro atoms. The Morgan fingerprint density at radius 2 is 1.54 bits per heavy atom. The fraction of sp³-hybridized carbons (Fsp3) is 0.452. The van der Waals surface area contributed by atoms with Gasteiger partial charge in [-0.05, 0) is 44.7 Å². The number of amides is 1. The van der Waals surface area contributed by atoms with E-state index in [2.05, 4.69) is 5.32 Å². The maximum absolute atomic E-state index is 12.7. The predicted molar refractivity (Wildman–Crippen MR) is 149 cm³/mol. The van der Waals surface area contributed by atoms with Crippen molar-refractivity contribution in [2.24, 2.45) is 0 Å². The summed E-state index contributed by atoms with van der Waals surface area (Å²) in [7, 11) is 0. The molecule has 2 aromatic carbocycles. The van der Waals surface area contributed by atoms with Gasteiger partial charge < -0.3 is 34.1 Å². The lowest BCUT2D eigenvalue weighted by molar-refractivity contribution is -0.155. The molecule has 1 amide bonds. The standard InChI is InChI=1S/C31H39NO9/c1-31(2,3)41-30(36)32-18-12-6-11-17-25(34)37-21-24(33)26-27(38-19-22-13-7-4-8-14-22)28(29(35)40-26)39-20-23-15-9-5-10-16-23/h4-5,7-10,13-16,24,26,33H,6,11-12,17-21H2,1-3H3,(H,32,36)/t24-,26+/m0/s1. The number of aliphatic hydroxyl groups excluding tert-OH is 1. The molecule has 2 atom stereocenters. The number of carbonyl (C=O) groups is 3. The second-order valence-corrected chi connectivity index (χ2v) is 10.6. The molecule has 0 saturated carbocycles. The summed E-state index contributed by atoms with van der Waals surface area (Å²) in [5.74, 6) is -1.33. The maximum Gasteiger partial charge on any atom is 0.407 e. The zero-order chi connectivity index (χ0) is 29.7. The van der Waals surface area contributed by atoms with Gasteiger partial charge in [0.25, 0.3) is 0 Å². The number of alkyl carbamates (subject to hydrolysis) is 1. The highest BCUT2D eigenvalue weighted by Gasteiger charge is 2.42. The van der Waals surface area contributed by atoms with Crippen LogP contribution in [0.15, 0.2) is 72.2 Å². The third-order valence-corrected chi connectivity index (χ3v) is 5.86. The Kier molecular flexibility index (Phi) is 12.0. The van der Waals surface area contributed by atoms with Gasteiger partial charge in [0.05, 0.1) is 0 Å². The normalized spacial score (nSPS) is 15.6. The van der Waals surface area contributed by atoms with Crippen LogP contribution in [-0.4, -0.2) is 54.1 Å². The third-order valence-electron chi connectivity index (χ3n) is 5.86. The van der Waals surface area contributed by atoms with Crippen LogP contribution in [0.5, 0.6) is 0 Å². The molecular weight excluding hydrogens is 530 g/mol. The van der Waals surface area contributed by atoms with Crippen LogP contribution in [0.1, 0.15) is 57.6 Å². The Morgan fingerprint density at radius 1 is 0.927 bits per heavy atom. The summed E-state index contributed by atoms with van der Waals surface area (Å²) in [6.07, 6.45) is -0.975. The molecule has 1 heterocycles. The van der Waals surface area contributed by atoms with E-state index < -0.39 is 35.8 Å². The van der Waals surface area contributed by atoms with Gasteiger partial charge in [-0.2, -0.15) is 0 Å². The topological polar surface area (TPSA) is 130 Å². The van der Waals surface area contributed by atoms with Crippen LogP contribution in [0, 0.1) is 0 Å². The number of hydrogen-bond acceptors (Lipinski definition) is 9. The lowest BCUT2D eigenvalue weighted by Gasteiger charge is -2.20. The Bertz CT molecular complexity index is 1160. The zero-order valence-electron chi connectivity index (χ0n) is 23.8. The minimum Gasteiger partial charge on any atom is -0.485 e. The van der Waals surface area contributed by atoms with Gasteiger partial charge in [0.2, 0.25) is 5.76 Å². The highest BCUT2D eigenvalue weighted by atomic mass is 16.6. The molecule has 10 nitrogen and oxygen atoms in total. The minimum atomic E-state index is -1.36. The first-order valence-electron chi connectivity index (χ1n) is 13.7. The van der Waals surface area contributed by atoms with Crippen molar-refractivity contribution in [3.05, 3.63) is 83.3 Å². The van der Waals surface area contributed by atoms with E-state index in [1.807, 2.05) is 60.7 Å². The molecule has 222 valence electrons. The smallest absolute Gasteiger partial charge is 0.407 e. The number of nitrogens with one attached hydrogen (secondary N) is 1. The quantitative estimate of drug-likeness (QED) is 0.180. The molecule has 0 unspecified atom stereocenters. The summed E-state index contributed by atoms with van der Waals surface area (Å²) in [6, 6.07) is 18.6. The van der Waals surface area contributed by atoms with Gasteiger partial charge in [0, 0.05) is 13.0 Å². The van der Waals surface area contributed by atoms with Crippen LogP contribution in [0.3, 0.4) is 0 Å². The number of benzene rings is 2. The van der Waals surface area contributed by atoms with Gasteiger partial charge in [0.1, 0.15) is 31.5 Å². The molecule has 0 aliphatic carbocycles. The highest BCUT2D eigenvalue weighted by Crippen LogP contribution is 2.29. The molecular formula is C31H39NO9. The number of ether oxygens (including phenoxy) is 5. The Labute approximate surface area is 240 Å². The molecule has 0 bridgehead atoms. The third kappa shape index (κ3) is 11.2. The number of rotatable bonds is 15. The molecule has 41 heavy (non-hydrogen) atoms. The van der Waals surface area contributed by atoms with Gasteiger partial charge in [-0.15, -0.1) is 0 Å². The van der Waals surface area contributed by atoms with Gasteiger partial charge in [-0.1, -0.05) is 67.1 Å². The van der Waals surface area contributed by atoms with E-state index in [0.29, 0.717) is 25.8 Å². The molecule has 0 radical (unpaired) electrons. The number of carbonyl (C=O) groups excluding carboxylic acids is 3. The molecule has 0 saturated heterocycles. The number of unbranched alkanes of at least 4 members (excludes halogenated alkanes) is 2. The number of cyclic esters (lactones) is 1. The van der Waals surface area contributed by atoms with E-state index in [9.17, 15) is 19.5 Å². The van der Waals surface area contributed by atoms with E-state index in [0.717, 1.165) is 11.1 Å². The fourth-order valence-corrected chi connectivity index (χ4v) is 3.86. The van der Waals surface area contributed by atoms with Crippen molar-refractivity contribution in [3.63, 3.8) is 0 Å². The summed E-state index contributed by atoms with van der Waals surface area (Å²) in [4.78, 5) is 36.6. The van der Waals surface area contributed by atoms with Crippen LogP contribution < -0.4 is 5.32 Å². The molecule has 0 aromatic heterocycles. The lowest BCUT2D eigenvalue weighted by atomic mass is 10.1. The van der Waals surface area contributed by atoms with Crippen LogP contribution in [0.4, 0.5) is 4.79 Å². The zero-order valence-corrected chi connectivity index (χ0v) is 23.8. The molecule has 2 N–H and O–H groups in total. The summed E-state index contributed by atoms with van der Waals surface area (Å²) in [5, 5.41) is 13.5. The first-order valence-corrected chi connectivity index (χ1v) is 13.7. The monoisotopic (exact) mass is 569 g/mol. The predicted octanol–water partition coefficient (Wildman–Crippen LogP) is 4.55. The number of aliphatic hydroxyl groups is 1. The van der Waals surface area contributed by atoms with Gasteiger partial charge in [0.15, 0.2) is 11.9 Å². The summed E-state index contributed by atoms with van der Waals surface area (Å²) in [6.45, 7) is 5.65. The summed E-state index contributed by atoms with van der Waals surface area (Å²) in [5.41, 5.74) is 1.13. The SMILES string of the molecule is CC(C)(C)OC(=O)NCCCCCC(=O)OC[C@H](O)[C@H]1OC(=O)C(OCc2ccccc2)=C1OCc1ccccc1. The van der Waals surface area contributed by atoms with Crippen molar-refractivity contribution in [1.82, 2.24) is 5.32 Å². The van der Waals surface area contributed by atoms with E-state index in [1.54, 1.807) is 20.8 Å². The van der Waals surface area contributed by atoms with Crippen molar-refractivity contribution >= 4 is 18.0 Å². The van der Waals surface area contributed by atoms with Crippen molar-refractivity contribution < 1.29 is 43.2 Å². The second-order valence-electron chi connectivity index (χ2n) is 10.6. The van der Waals surface area contributed by atoms with Crippen molar-refractivity contribution in [3.8, 4) is 0 Å². The van der Waals surface area contributed by atoms with Gasteiger partial charge in [-0.3, -0.25) is 4.79 Å². The first-order chi connectivity index (χ1) is 19.6.